The minimum atomic E-state index is -3.12. The molecule has 6 nitrogen and oxygen atoms in total. The Labute approximate surface area is 205 Å². The number of halogens is 3. The number of amides is 2. The van der Waals surface area contributed by atoms with Gasteiger partial charge in [-0.15, -0.1) is 0 Å². The van der Waals surface area contributed by atoms with Crippen molar-refractivity contribution in [2.45, 2.75) is 25.3 Å². The summed E-state index contributed by atoms with van der Waals surface area (Å²) in [4.78, 5) is 30.5. The molecule has 4 rings (SSSR count). The van der Waals surface area contributed by atoms with Crippen LogP contribution in [0.2, 0.25) is 5.02 Å². The zero-order valence-corrected chi connectivity index (χ0v) is 19.5. The fourth-order valence-electron chi connectivity index (χ4n) is 4.03. The lowest BCUT2D eigenvalue weighted by Crippen LogP contribution is -2.43. The Balaban J connectivity index is 1.54. The first-order valence-electron chi connectivity index (χ1n) is 10.8. The Kier molecular flexibility index (Phi) is 6.81. The summed E-state index contributed by atoms with van der Waals surface area (Å²) in [5.74, 6) is -4.39. The summed E-state index contributed by atoms with van der Waals surface area (Å²) in [5, 5.41) is 12.8. The molecule has 9 heteroatoms. The van der Waals surface area contributed by atoms with Crippen molar-refractivity contribution in [2.24, 2.45) is 0 Å². The van der Waals surface area contributed by atoms with E-state index in [2.05, 4.69) is 10.3 Å². The van der Waals surface area contributed by atoms with Crippen LogP contribution in [0.1, 0.15) is 34.8 Å². The third-order valence-corrected chi connectivity index (χ3v) is 6.09. The summed E-state index contributed by atoms with van der Waals surface area (Å²) in [7, 11) is 0. The molecule has 35 heavy (non-hydrogen) atoms. The number of nitriles is 1. The SMILES string of the molecule is CC(=Cc1ccc(Cl)cc1)c1ccc2nccc(C(=O)NCC(=O)N3CC(F)(F)CC3C#N)c2c1. The van der Waals surface area contributed by atoms with E-state index in [1.165, 1.54) is 12.3 Å². The van der Waals surface area contributed by atoms with Crippen LogP contribution < -0.4 is 5.32 Å². The molecule has 0 saturated carbocycles. The number of carbonyl (C=O) groups is 2. The van der Waals surface area contributed by atoms with Crippen LogP contribution in [-0.2, 0) is 4.79 Å². The molecule has 1 fully saturated rings. The maximum Gasteiger partial charge on any atom is 0.268 e. The van der Waals surface area contributed by atoms with Gasteiger partial charge in [0.2, 0.25) is 5.91 Å². The van der Waals surface area contributed by atoms with Gasteiger partial charge in [-0.25, -0.2) is 8.78 Å². The summed E-state index contributed by atoms with van der Waals surface area (Å²) in [6.45, 7) is 0.620. The Morgan fingerprint density at radius 3 is 2.71 bits per heavy atom. The summed E-state index contributed by atoms with van der Waals surface area (Å²) in [5.41, 5.74) is 3.69. The second kappa shape index (κ2) is 9.80. The van der Waals surface area contributed by atoms with Gasteiger partial charge in [0, 0.05) is 23.0 Å². The van der Waals surface area contributed by atoms with Gasteiger partial charge in [0.1, 0.15) is 6.04 Å². The van der Waals surface area contributed by atoms with Crippen molar-refractivity contribution in [3.8, 4) is 6.07 Å². The monoisotopic (exact) mass is 494 g/mol. The fraction of sp³-hybridized carbons (Fsp3) is 0.231. The van der Waals surface area contributed by atoms with Gasteiger partial charge < -0.3 is 10.2 Å². The average Bonchev–Trinajstić information content (AvgIpc) is 3.17. The fourth-order valence-corrected chi connectivity index (χ4v) is 4.15. The molecule has 1 unspecified atom stereocenters. The largest absolute Gasteiger partial charge is 0.343 e. The maximum atomic E-state index is 13.6. The van der Waals surface area contributed by atoms with Crippen LogP contribution in [0, 0.1) is 11.3 Å². The number of likely N-dealkylation sites (tertiary alicyclic amines) is 1. The Bertz CT molecular complexity index is 1370. The molecule has 0 aliphatic carbocycles. The number of carbonyl (C=O) groups excluding carboxylic acids is 2. The maximum absolute atomic E-state index is 13.6. The first-order valence-corrected chi connectivity index (χ1v) is 11.2. The van der Waals surface area contributed by atoms with E-state index in [0.29, 0.717) is 21.5 Å². The average molecular weight is 495 g/mol. The highest BCUT2D eigenvalue weighted by molar-refractivity contribution is 6.30. The Hall–Kier alpha value is -3.83. The van der Waals surface area contributed by atoms with Gasteiger partial charge in [-0.2, -0.15) is 5.26 Å². The zero-order valence-electron chi connectivity index (χ0n) is 18.8. The highest BCUT2D eigenvalue weighted by Crippen LogP contribution is 2.31. The van der Waals surface area contributed by atoms with Crippen molar-refractivity contribution in [3.05, 3.63) is 76.4 Å². The van der Waals surface area contributed by atoms with E-state index in [1.54, 1.807) is 24.3 Å². The van der Waals surface area contributed by atoms with Gasteiger partial charge in [0.05, 0.1) is 30.2 Å². The van der Waals surface area contributed by atoms with Crippen LogP contribution in [-0.4, -0.2) is 46.8 Å². The molecule has 2 aromatic carbocycles. The highest BCUT2D eigenvalue weighted by Gasteiger charge is 2.47. The number of nitrogens with zero attached hydrogens (tertiary/aromatic N) is 3. The molecule has 2 amide bonds. The van der Waals surface area contributed by atoms with Crippen LogP contribution >= 0.6 is 11.6 Å². The molecule has 1 N–H and O–H groups in total. The van der Waals surface area contributed by atoms with Crippen molar-refractivity contribution in [3.63, 3.8) is 0 Å². The number of benzene rings is 2. The highest BCUT2D eigenvalue weighted by atomic mass is 35.5. The van der Waals surface area contributed by atoms with E-state index in [4.69, 9.17) is 16.9 Å². The number of aromatic nitrogens is 1. The van der Waals surface area contributed by atoms with Crippen LogP contribution in [0.3, 0.4) is 0 Å². The molecule has 1 aromatic heterocycles. The predicted molar refractivity (Wildman–Crippen MR) is 130 cm³/mol. The molecule has 1 aliphatic rings. The quantitative estimate of drug-likeness (QED) is 0.509. The van der Waals surface area contributed by atoms with Gasteiger partial charge in [0.15, 0.2) is 0 Å². The Morgan fingerprint density at radius 2 is 2.00 bits per heavy atom. The van der Waals surface area contributed by atoms with Crippen LogP contribution in [0.4, 0.5) is 8.78 Å². The predicted octanol–water partition coefficient (Wildman–Crippen LogP) is 4.94. The van der Waals surface area contributed by atoms with Crippen LogP contribution in [0.15, 0.2) is 54.7 Å². The minimum absolute atomic E-state index is 0.299. The number of nitrogens with one attached hydrogen (secondary N) is 1. The van der Waals surface area contributed by atoms with Crippen molar-refractivity contribution < 1.29 is 18.4 Å². The number of rotatable bonds is 5. The molecule has 1 atom stereocenters. The van der Waals surface area contributed by atoms with E-state index in [9.17, 15) is 18.4 Å². The molecule has 0 radical (unpaired) electrons. The van der Waals surface area contributed by atoms with Crippen LogP contribution in [0.5, 0.6) is 0 Å². The molecule has 1 aliphatic heterocycles. The summed E-state index contributed by atoms with van der Waals surface area (Å²) in [6, 6.07) is 15.0. The zero-order chi connectivity index (χ0) is 25.2. The number of hydrogen-bond donors (Lipinski definition) is 1. The molecule has 2 heterocycles. The third kappa shape index (κ3) is 5.47. The lowest BCUT2D eigenvalue weighted by atomic mass is 10.00. The number of fused-ring (bicyclic) bond motifs is 1. The van der Waals surface area contributed by atoms with Crippen LogP contribution in [0.25, 0.3) is 22.6 Å². The molecular formula is C26H21ClF2N4O2. The summed E-state index contributed by atoms with van der Waals surface area (Å²) >= 11 is 5.95. The lowest BCUT2D eigenvalue weighted by molar-refractivity contribution is -0.131. The van der Waals surface area contributed by atoms with E-state index >= 15 is 0 Å². The van der Waals surface area contributed by atoms with Crippen molar-refractivity contribution in [1.82, 2.24) is 15.2 Å². The number of hydrogen-bond acceptors (Lipinski definition) is 4. The molecule has 178 valence electrons. The van der Waals surface area contributed by atoms with Gasteiger partial charge in [-0.3, -0.25) is 14.6 Å². The number of pyridine rings is 1. The smallest absolute Gasteiger partial charge is 0.268 e. The molecule has 3 aromatic rings. The summed E-state index contributed by atoms with van der Waals surface area (Å²) < 4.78 is 27.3. The van der Waals surface area contributed by atoms with Gasteiger partial charge in [-0.1, -0.05) is 35.9 Å². The second-order valence-electron chi connectivity index (χ2n) is 8.38. The van der Waals surface area contributed by atoms with Gasteiger partial charge in [0.25, 0.3) is 11.8 Å². The van der Waals surface area contributed by atoms with E-state index in [-0.39, 0.29) is 0 Å². The number of allylic oxidation sites excluding steroid dienone is 1. The van der Waals surface area contributed by atoms with Gasteiger partial charge >= 0.3 is 0 Å². The first-order chi connectivity index (χ1) is 16.7. The van der Waals surface area contributed by atoms with Crippen molar-refractivity contribution >= 4 is 46.0 Å². The van der Waals surface area contributed by atoms with Gasteiger partial charge in [-0.05, 0) is 54.0 Å². The van der Waals surface area contributed by atoms with E-state index < -0.39 is 43.3 Å². The topological polar surface area (TPSA) is 86.1 Å². The Morgan fingerprint density at radius 1 is 1.26 bits per heavy atom. The third-order valence-electron chi connectivity index (χ3n) is 5.83. The van der Waals surface area contributed by atoms with E-state index in [0.717, 1.165) is 21.6 Å². The molecule has 1 saturated heterocycles. The molecular weight excluding hydrogens is 474 g/mol. The lowest BCUT2D eigenvalue weighted by Gasteiger charge is -2.19. The van der Waals surface area contributed by atoms with E-state index in [1.807, 2.05) is 37.3 Å². The normalized spacial score (nSPS) is 17.3. The van der Waals surface area contributed by atoms with Crippen molar-refractivity contribution in [2.75, 3.05) is 13.1 Å². The standard InChI is InChI=1S/C26H21ClF2N4O2/c1-16(10-17-2-5-19(27)6-3-17)18-4-7-23-22(11-18)21(8-9-31-23)25(35)32-14-24(34)33-15-26(28,29)12-20(33)13-30/h2-11,20H,12,14-15H2,1H3,(H,32,35). The second-order valence-corrected chi connectivity index (χ2v) is 8.82. The molecule has 0 spiro atoms. The summed E-state index contributed by atoms with van der Waals surface area (Å²) in [6.07, 6.45) is 2.77. The molecule has 0 bridgehead atoms. The minimum Gasteiger partial charge on any atom is -0.343 e. The van der Waals surface area contributed by atoms with Crippen molar-refractivity contribution in [1.29, 1.82) is 5.26 Å². The first kappa shape index (κ1) is 24.3. The number of alkyl halides is 2.